The highest BCUT2D eigenvalue weighted by molar-refractivity contribution is 6.04. The van der Waals surface area contributed by atoms with Gasteiger partial charge in [0.25, 0.3) is 0 Å². The molecule has 5 heterocycles. The molecule has 32 heavy (non-hydrogen) atoms. The van der Waals surface area contributed by atoms with E-state index in [9.17, 15) is 4.79 Å². The number of urea groups is 1. The zero-order chi connectivity index (χ0) is 22.4. The van der Waals surface area contributed by atoms with Crippen molar-refractivity contribution in [2.45, 2.75) is 26.3 Å². The van der Waals surface area contributed by atoms with Gasteiger partial charge < -0.3 is 20.3 Å². The first kappa shape index (κ1) is 20.5. The van der Waals surface area contributed by atoms with Crippen LogP contribution in [0, 0.1) is 6.92 Å². The summed E-state index contributed by atoms with van der Waals surface area (Å²) in [4.78, 5) is 26.4. The van der Waals surface area contributed by atoms with Crippen LogP contribution in [0.2, 0.25) is 0 Å². The molecule has 2 aliphatic heterocycles. The smallest absolute Gasteiger partial charge is 0.327 e. The minimum atomic E-state index is -0.247. The van der Waals surface area contributed by atoms with Gasteiger partial charge in [-0.1, -0.05) is 0 Å². The fourth-order valence-electron chi connectivity index (χ4n) is 4.69. The van der Waals surface area contributed by atoms with Gasteiger partial charge in [0.15, 0.2) is 5.65 Å². The second kappa shape index (κ2) is 7.94. The number of methoxy groups -OCH3 is 1. The molecule has 0 aromatic carbocycles. The van der Waals surface area contributed by atoms with Crippen LogP contribution in [0.15, 0.2) is 18.5 Å². The number of aromatic nitrogens is 4. The number of ether oxygens (including phenoxy) is 1. The molecule has 0 unspecified atom stereocenters. The summed E-state index contributed by atoms with van der Waals surface area (Å²) in [6, 6.07) is 2.01. The van der Waals surface area contributed by atoms with Crippen molar-refractivity contribution < 1.29 is 9.53 Å². The number of fused-ring (bicyclic) bond motifs is 2. The fraction of sp³-hybridized carbons (Fsp3) is 0.455. The number of piperazine rings is 1. The number of pyridine rings is 2. The Hall–Kier alpha value is -3.40. The van der Waals surface area contributed by atoms with E-state index in [1.165, 1.54) is 12.8 Å². The van der Waals surface area contributed by atoms with Gasteiger partial charge in [-0.3, -0.25) is 9.58 Å². The van der Waals surface area contributed by atoms with Gasteiger partial charge in [-0.15, -0.1) is 0 Å². The van der Waals surface area contributed by atoms with Crippen LogP contribution in [-0.2, 0) is 13.5 Å². The first-order chi connectivity index (χ1) is 15.4. The molecule has 2 N–H and O–H groups in total. The summed E-state index contributed by atoms with van der Waals surface area (Å²) in [7, 11) is 3.36. The molecule has 10 heteroatoms. The van der Waals surface area contributed by atoms with Crippen LogP contribution < -0.4 is 25.2 Å². The molecule has 0 spiro atoms. The van der Waals surface area contributed by atoms with Crippen molar-refractivity contribution in [3.8, 4) is 5.88 Å². The number of nitrogens with one attached hydrogen (secondary N) is 2. The van der Waals surface area contributed by atoms with E-state index < -0.39 is 0 Å². The normalized spacial score (nSPS) is 18.2. The Labute approximate surface area is 186 Å². The zero-order valence-electron chi connectivity index (χ0n) is 18.8. The van der Waals surface area contributed by atoms with Crippen molar-refractivity contribution >= 4 is 34.3 Å². The fourth-order valence-corrected chi connectivity index (χ4v) is 4.69. The lowest BCUT2D eigenvalue weighted by Crippen LogP contribution is -2.49. The molecule has 168 valence electrons. The lowest BCUT2D eigenvalue weighted by atomic mass is 10.1. The Bertz CT molecular complexity index is 1190. The van der Waals surface area contributed by atoms with Crippen molar-refractivity contribution in [3.63, 3.8) is 0 Å². The topological polar surface area (TPSA) is 100 Å². The van der Waals surface area contributed by atoms with Crippen LogP contribution in [0.1, 0.15) is 18.1 Å². The number of carbonyl (C=O) groups is 1. The summed E-state index contributed by atoms with van der Waals surface area (Å²) in [5.41, 5.74) is 4.58. The van der Waals surface area contributed by atoms with E-state index in [-0.39, 0.29) is 6.03 Å². The lowest BCUT2D eigenvalue weighted by molar-refractivity contribution is 0.257. The summed E-state index contributed by atoms with van der Waals surface area (Å²) in [6.07, 6.45) is 4.51. The van der Waals surface area contributed by atoms with Gasteiger partial charge in [-0.25, -0.2) is 9.78 Å². The lowest BCUT2D eigenvalue weighted by Gasteiger charge is -2.35. The summed E-state index contributed by atoms with van der Waals surface area (Å²) >= 11 is 0. The molecule has 1 saturated heterocycles. The maximum absolute atomic E-state index is 13.3. The molecule has 10 nitrogen and oxygen atoms in total. The van der Waals surface area contributed by atoms with Gasteiger partial charge in [0.2, 0.25) is 5.88 Å². The minimum Gasteiger partial charge on any atom is -0.479 e. The van der Waals surface area contributed by atoms with Gasteiger partial charge in [-0.05, 0) is 31.9 Å². The predicted molar refractivity (Wildman–Crippen MR) is 124 cm³/mol. The van der Waals surface area contributed by atoms with Crippen LogP contribution in [0.4, 0.5) is 22.0 Å². The molecule has 1 fully saturated rings. The zero-order valence-corrected chi connectivity index (χ0v) is 18.8. The largest absolute Gasteiger partial charge is 0.479 e. The summed E-state index contributed by atoms with van der Waals surface area (Å²) in [6.45, 7) is 7.71. The van der Waals surface area contributed by atoms with Gasteiger partial charge in [0.05, 0.1) is 7.11 Å². The standard InChI is InChI=1S/C22H28N8O2/c1-13-10-24-20-16(18(13)29-8-6-23-14(2)11-29)5-7-30(20)22(31)25-17-9-15-12-28(3)27-19(15)26-21(17)32-4/h9-10,12,14,23H,5-8,11H2,1-4H3,(H,25,31)/t14-/m0/s1. The number of carbonyl (C=O) groups excluding carboxylic acids is 1. The molecular weight excluding hydrogens is 408 g/mol. The quantitative estimate of drug-likeness (QED) is 0.648. The molecule has 0 radical (unpaired) electrons. The number of hydrogen-bond acceptors (Lipinski definition) is 7. The van der Waals surface area contributed by atoms with E-state index in [1.54, 1.807) is 9.58 Å². The van der Waals surface area contributed by atoms with E-state index in [1.807, 2.05) is 25.5 Å². The number of amides is 2. The van der Waals surface area contributed by atoms with Crippen molar-refractivity contribution in [2.24, 2.45) is 7.05 Å². The van der Waals surface area contributed by atoms with Gasteiger partial charge in [-0.2, -0.15) is 10.1 Å². The Kier molecular flexibility index (Phi) is 5.09. The third kappa shape index (κ3) is 3.50. The summed E-state index contributed by atoms with van der Waals surface area (Å²) in [5, 5.41) is 11.6. The van der Waals surface area contributed by atoms with Crippen LogP contribution in [0.5, 0.6) is 5.88 Å². The van der Waals surface area contributed by atoms with E-state index in [4.69, 9.17) is 4.74 Å². The molecule has 5 rings (SSSR count). The molecule has 3 aromatic rings. The van der Waals surface area contributed by atoms with Crippen LogP contribution >= 0.6 is 0 Å². The van der Waals surface area contributed by atoms with Gasteiger partial charge >= 0.3 is 6.03 Å². The van der Waals surface area contributed by atoms with E-state index in [0.717, 1.165) is 48.4 Å². The first-order valence-electron chi connectivity index (χ1n) is 10.9. The van der Waals surface area contributed by atoms with E-state index >= 15 is 0 Å². The summed E-state index contributed by atoms with van der Waals surface area (Å²) < 4.78 is 7.08. The molecule has 2 aliphatic rings. The highest BCUT2D eigenvalue weighted by Crippen LogP contribution is 2.37. The highest BCUT2D eigenvalue weighted by Gasteiger charge is 2.32. The van der Waals surface area contributed by atoms with E-state index in [0.29, 0.717) is 29.8 Å². The number of aryl methyl sites for hydroxylation is 2. The second-order valence-corrected chi connectivity index (χ2v) is 8.49. The Morgan fingerprint density at radius 3 is 2.97 bits per heavy atom. The number of hydrogen-bond donors (Lipinski definition) is 2. The third-order valence-corrected chi connectivity index (χ3v) is 6.09. The van der Waals surface area contributed by atoms with Crippen molar-refractivity contribution in [1.82, 2.24) is 25.1 Å². The average molecular weight is 437 g/mol. The maximum atomic E-state index is 13.3. The average Bonchev–Trinajstić information content (AvgIpc) is 3.35. The van der Waals surface area contributed by atoms with Gasteiger partial charge in [0.1, 0.15) is 11.5 Å². The monoisotopic (exact) mass is 436 g/mol. The van der Waals surface area contributed by atoms with Crippen LogP contribution in [0.3, 0.4) is 0 Å². The molecule has 0 saturated carbocycles. The molecule has 0 bridgehead atoms. The van der Waals surface area contributed by atoms with Gasteiger partial charge in [0, 0.05) is 68.3 Å². The molecule has 0 aliphatic carbocycles. The molecule has 3 aromatic heterocycles. The predicted octanol–water partition coefficient (Wildman–Crippen LogP) is 2.07. The maximum Gasteiger partial charge on any atom is 0.327 e. The van der Waals surface area contributed by atoms with Crippen molar-refractivity contribution in [2.75, 3.05) is 48.4 Å². The highest BCUT2D eigenvalue weighted by atomic mass is 16.5. The second-order valence-electron chi connectivity index (χ2n) is 8.49. The Morgan fingerprint density at radius 1 is 1.34 bits per heavy atom. The number of anilines is 3. The van der Waals surface area contributed by atoms with Crippen molar-refractivity contribution in [3.05, 3.63) is 29.6 Å². The van der Waals surface area contributed by atoms with Crippen molar-refractivity contribution in [1.29, 1.82) is 0 Å². The Balaban J connectivity index is 1.44. The SMILES string of the molecule is COc1nc2nn(C)cc2cc1NC(=O)N1CCc2c1ncc(C)c2N1CCN[C@@H](C)C1. The number of nitrogens with zero attached hydrogens (tertiary/aromatic N) is 6. The first-order valence-corrected chi connectivity index (χ1v) is 10.9. The molecule has 2 amide bonds. The van der Waals surface area contributed by atoms with Crippen LogP contribution in [-0.4, -0.2) is 65.1 Å². The molecule has 1 atom stereocenters. The van der Waals surface area contributed by atoms with E-state index in [2.05, 4.69) is 44.4 Å². The summed E-state index contributed by atoms with van der Waals surface area (Å²) in [5.74, 6) is 1.06. The minimum absolute atomic E-state index is 0.247. The van der Waals surface area contributed by atoms with Crippen LogP contribution in [0.25, 0.3) is 11.0 Å². The third-order valence-electron chi connectivity index (χ3n) is 6.09. The molecular formula is C22H28N8O2. The Morgan fingerprint density at radius 2 is 2.19 bits per heavy atom. The number of rotatable bonds is 3.